The second-order valence-corrected chi connectivity index (χ2v) is 7.33. The molecule has 0 amide bonds. The van der Waals surface area contributed by atoms with Crippen LogP contribution in [0.25, 0.3) is 0 Å². The van der Waals surface area contributed by atoms with E-state index < -0.39 is 10.1 Å². The number of hydrogen-bond donors (Lipinski definition) is 2. The van der Waals surface area contributed by atoms with Gasteiger partial charge in [-0.15, -0.1) is 0 Å². The van der Waals surface area contributed by atoms with E-state index in [9.17, 15) is 13.5 Å². The normalized spacial score (nSPS) is 12.2. The largest absolute Gasteiger partial charge is 0.396 e. The third kappa shape index (κ3) is 8.93. The molecule has 4 nitrogen and oxygen atoms in total. The minimum atomic E-state index is -3.67. The molecule has 0 aromatic heterocycles. The van der Waals surface area contributed by atoms with Gasteiger partial charge in [-0.2, -0.15) is 8.42 Å². The lowest BCUT2D eigenvalue weighted by molar-refractivity contribution is 0.264. The molecule has 2 aromatic carbocycles. The third-order valence-corrected chi connectivity index (χ3v) is 3.46. The fraction of sp³-hybridized carbons (Fsp3) is 0.250. The molecule has 0 saturated heterocycles. The van der Waals surface area contributed by atoms with Crippen molar-refractivity contribution >= 4 is 33.3 Å². The highest BCUT2D eigenvalue weighted by Gasteiger charge is 2.11. The van der Waals surface area contributed by atoms with E-state index in [0.717, 1.165) is 22.6 Å². The van der Waals surface area contributed by atoms with Gasteiger partial charge >= 0.3 is 0 Å². The van der Waals surface area contributed by atoms with Crippen molar-refractivity contribution in [1.29, 1.82) is 0 Å². The number of halogens is 2. The Kier molecular flexibility index (Phi) is 8.02. The maximum absolute atomic E-state index is 9.51. The smallest absolute Gasteiger partial charge is 0.261 e. The van der Waals surface area contributed by atoms with Crippen LogP contribution in [0, 0.1) is 0 Å². The minimum Gasteiger partial charge on any atom is -0.396 e. The van der Waals surface area contributed by atoms with E-state index >= 15 is 0 Å². The summed E-state index contributed by atoms with van der Waals surface area (Å²) < 4.78 is 25.9. The van der Waals surface area contributed by atoms with Crippen molar-refractivity contribution in [2.75, 3.05) is 12.9 Å². The second-order valence-electron chi connectivity index (χ2n) is 4.99. The predicted octanol–water partition coefficient (Wildman–Crippen LogP) is 3.82. The van der Waals surface area contributed by atoms with E-state index in [-0.39, 0.29) is 12.5 Å². The molecule has 1 atom stereocenters. The molecule has 0 radical (unpaired) electrons. The van der Waals surface area contributed by atoms with Crippen molar-refractivity contribution in [3.63, 3.8) is 0 Å². The Morgan fingerprint density at radius 3 is 1.74 bits per heavy atom. The molecule has 0 saturated carbocycles. The Morgan fingerprint density at radius 1 is 0.957 bits per heavy atom. The van der Waals surface area contributed by atoms with Gasteiger partial charge in [-0.3, -0.25) is 4.55 Å². The van der Waals surface area contributed by atoms with E-state index in [1.165, 1.54) is 0 Å². The molecular weight excluding hydrogens is 359 g/mol. The molecule has 0 spiro atoms. The van der Waals surface area contributed by atoms with Gasteiger partial charge in [0.2, 0.25) is 0 Å². The summed E-state index contributed by atoms with van der Waals surface area (Å²) in [6, 6.07) is 15.3. The molecule has 23 heavy (non-hydrogen) atoms. The summed E-state index contributed by atoms with van der Waals surface area (Å²) in [6.07, 6.45) is 1.50. The van der Waals surface area contributed by atoms with Gasteiger partial charge in [-0.05, 0) is 41.8 Å². The van der Waals surface area contributed by atoms with E-state index in [2.05, 4.69) is 0 Å². The summed E-state index contributed by atoms with van der Waals surface area (Å²) in [6.45, 7) is 0.115. The summed E-state index contributed by atoms with van der Waals surface area (Å²) in [5, 5.41) is 10.9. The van der Waals surface area contributed by atoms with Crippen molar-refractivity contribution in [2.45, 2.75) is 12.3 Å². The van der Waals surface area contributed by atoms with Crippen LogP contribution in [0.15, 0.2) is 48.5 Å². The number of hydrogen-bond acceptors (Lipinski definition) is 3. The molecular formula is C16H18Cl2O4S. The zero-order valence-electron chi connectivity index (χ0n) is 12.5. The highest BCUT2D eigenvalue weighted by molar-refractivity contribution is 7.85. The van der Waals surface area contributed by atoms with Gasteiger partial charge in [0.1, 0.15) is 0 Å². The first-order chi connectivity index (χ1) is 10.7. The molecule has 0 aliphatic rings. The minimum absolute atomic E-state index is 0.0865. The summed E-state index contributed by atoms with van der Waals surface area (Å²) in [7, 11) is -3.67. The topological polar surface area (TPSA) is 74.6 Å². The van der Waals surface area contributed by atoms with Crippen molar-refractivity contribution in [1.82, 2.24) is 0 Å². The van der Waals surface area contributed by atoms with Gasteiger partial charge in [-0.25, -0.2) is 0 Å². The molecule has 1 unspecified atom stereocenters. The molecule has 0 heterocycles. The van der Waals surface area contributed by atoms with E-state index in [4.69, 9.17) is 27.8 Å². The summed E-state index contributed by atoms with van der Waals surface area (Å²) in [5.74, 6) is 0.0865. The van der Waals surface area contributed by atoms with Crippen molar-refractivity contribution < 1.29 is 18.1 Å². The Balaban J connectivity index is 0.000000463. The van der Waals surface area contributed by atoms with Crippen LogP contribution in [-0.4, -0.2) is 30.9 Å². The molecule has 2 N–H and O–H groups in total. The Morgan fingerprint density at radius 2 is 1.35 bits per heavy atom. The SMILES string of the molecule is CS(=O)(=O)O.OCC(Cc1ccc(Cl)cc1)c1ccc(Cl)cc1. The van der Waals surface area contributed by atoms with Gasteiger partial charge < -0.3 is 5.11 Å². The van der Waals surface area contributed by atoms with Crippen molar-refractivity contribution in [3.8, 4) is 0 Å². The average molecular weight is 377 g/mol. The van der Waals surface area contributed by atoms with Gasteiger partial charge in [-0.1, -0.05) is 47.5 Å². The number of aliphatic hydroxyl groups excluding tert-OH is 1. The van der Waals surface area contributed by atoms with Crippen molar-refractivity contribution in [2.24, 2.45) is 0 Å². The molecule has 2 aromatic rings. The third-order valence-electron chi connectivity index (χ3n) is 2.96. The zero-order chi connectivity index (χ0) is 17.5. The maximum atomic E-state index is 9.51. The number of benzene rings is 2. The van der Waals surface area contributed by atoms with Crippen LogP contribution in [0.1, 0.15) is 17.0 Å². The van der Waals surface area contributed by atoms with E-state index in [1.54, 1.807) is 0 Å². The first kappa shape index (κ1) is 19.9. The second kappa shape index (κ2) is 9.25. The fourth-order valence-electron chi connectivity index (χ4n) is 1.93. The quantitative estimate of drug-likeness (QED) is 0.795. The molecule has 0 bridgehead atoms. The van der Waals surface area contributed by atoms with Crippen molar-refractivity contribution in [3.05, 3.63) is 69.7 Å². The van der Waals surface area contributed by atoms with Crippen LogP contribution in [-0.2, 0) is 16.5 Å². The number of rotatable bonds is 4. The molecule has 0 fully saturated rings. The summed E-state index contributed by atoms with van der Waals surface area (Å²) >= 11 is 11.7. The standard InChI is InChI=1S/C15H14Cl2O.CH4O3S/c16-14-5-1-11(2-6-14)9-13(10-18)12-3-7-15(17)8-4-12;1-5(2,3)4/h1-8,13,18H,9-10H2;1H3,(H,2,3,4). The van der Waals surface area contributed by atoms with E-state index in [0.29, 0.717) is 11.3 Å². The lowest BCUT2D eigenvalue weighted by atomic mass is 9.93. The highest BCUT2D eigenvalue weighted by atomic mass is 35.5. The van der Waals surface area contributed by atoms with Crippen LogP contribution < -0.4 is 0 Å². The summed E-state index contributed by atoms with van der Waals surface area (Å²) in [5.41, 5.74) is 2.25. The molecule has 0 aliphatic carbocycles. The van der Waals surface area contributed by atoms with E-state index in [1.807, 2.05) is 48.5 Å². The van der Waals surface area contributed by atoms with Crippen LogP contribution in [0.2, 0.25) is 10.0 Å². The first-order valence-electron chi connectivity index (χ1n) is 6.72. The highest BCUT2D eigenvalue weighted by Crippen LogP contribution is 2.23. The van der Waals surface area contributed by atoms with Crippen LogP contribution in [0.3, 0.4) is 0 Å². The lowest BCUT2D eigenvalue weighted by Gasteiger charge is -2.15. The molecule has 7 heteroatoms. The van der Waals surface area contributed by atoms with Gasteiger partial charge in [0.05, 0.1) is 12.9 Å². The molecule has 0 aliphatic heterocycles. The van der Waals surface area contributed by atoms with Gasteiger partial charge in [0, 0.05) is 16.0 Å². The Bertz CT molecular complexity index is 690. The van der Waals surface area contributed by atoms with Crippen LogP contribution >= 0.6 is 23.2 Å². The molecule has 2 rings (SSSR count). The zero-order valence-corrected chi connectivity index (χ0v) is 14.8. The van der Waals surface area contributed by atoms with Gasteiger partial charge in [0.25, 0.3) is 10.1 Å². The lowest BCUT2D eigenvalue weighted by Crippen LogP contribution is -2.07. The fourth-order valence-corrected chi connectivity index (χ4v) is 2.18. The Hall–Kier alpha value is -1.11. The molecule has 126 valence electrons. The first-order valence-corrected chi connectivity index (χ1v) is 9.32. The Labute approximate surface area is 146 Å². The summed E-state index contributed by atoms with van der Waals surface area (Å²) in [4.78, 5) is 0. The maximum Gasteiger partial charge on any atom is 0.261 e. The average Bonchev–Trinajstić information content (AvgIpc) is 2.46. The monoisotopic (exact) mass is 376 g/mol. The van der Waals surface area contributed by atoms with Gasteiger partial charge in [0.15, 0.2) is 0 Å². The van der Waals surface area contributed by atoms with Crippen LogP contribution in [0.5, 0.6) is 0 Å². The van der Waals surface area contributed by atoms with Crippen LogP contribution in [0.4, 0.5) is 0 Å². The predicted molar refractivity (Wildman–Crippen MR) is 93.9 cm³/mol. The number of aliphatic hydroxyl groups is 1.